The third-order valence-corrected chi connectivity index (χ3v) is 1.45. The SMILES string of the molecule is C=CC1=NC(C)(OC)CO1. The van der Waals surface area contributed by atoms with Gasteiger partial charge in [-0.15, -0.1) is 0 Å². The molecule has 0 N–H and O–H groups in total. The number of nitrogens with zero attached hydrogens (tertiary/aromatic N) is 1. The molecule has 0 bridgehead atoms. The Morgan fingerprint density at radius 2 is 2.60 bits per heavy atom. The van der Waals surface area contributed by atoms with Crippen LogP contribution in [-0.4, -0.2) is 25.3 Å². The summed E-state index contributed by atoms with van der Waals surface area (Å²) in [6, 6.07) is 0. The summed E-state index contributed by atoms with van der Waals surface area (Å²) in [5, 5.41) is 0. The molecule has 0 aromatic carbocycles. The third kappa shape index (κ3) is 1.19. The van der Waals surface area contributed by atoms with Crippen LogP contribution in [0.5, 0.6) is 0 Å². The van der Waals surface area contributed by atoms with Gasteiger partial charge >= 0.3 is 0 Å². The first-order valence-corrected chi connectivity index (χ1v) is 3.10. The summed E-state index contributed by atoms with van der Waals surface area (Å²) in [6.45, 7) is 5.87. The first-order valence-electron chi connectivity index (χ1n) is 3.10. The van der Waals surface area contributed by atoms with Crippen LogP contribution >= 0.6 is 0 Å². The van der Waals surface area contributed by atoms with Crippen LogP contribution < -0.4 is 0 Å². The molecule has 1 unspecified atom stereocenters. The highest BCUT2D eigenvalue weighted by atomic mass is 16.6. The molecule has 0 spiro atoms. The van der Waals surface area contributed by atoms with Crippen molar-refractivity contribution in [2.75, 3.05) is 13.7 Å². The molecule has 0 aromatic heterocycles. The van der Waals surface area contributed by atoms with E-state index in [0.717, 1.165) is 0 Å². The van der Waals surface area contributed by atoms with Crippen molar-refractivity contribution in [2.45, 2.75) is 12.6 Å². The predicted octanol–water partition coefficient (Wildman–Crippen LogP) is 0.964. The summed E-state index contributed by atoms with van der Waals surface area (Å²) in [4.78, 5) is 4.11. The lowest BCUT2D eigenvalue weighted by Crippen LogP contribution is -2.25. The number of hydrogen-bond donors (Lipinski definition) is 0. The maximum absolute atomic E-state index is 5.12. The van der Waals surface area contributed by atoms with Crippen LogP contribution in [0.2, 0.25) is 0 Å². The van der Waals surface area contributed by atoms with Crippen molar-refractivity contribution in [2.24, 2.45) is 4.99 Å². The topological polar surface area (TPSA) is 30.8 Å². The summed E-state index contributed by atoms with van der Waals surface area (Å²) in [6.07, 6.45) is 1.57. The van der Waals surface area contributed by atoms with Crippen LogP contribution in [0, 0.1) is 0 Å². The van der Waals surface area contributed by atoms with E-state index in [4.69, 9.17) is 9.47 Å². The fourth-order valence-electron chi connectivity index (χ4n) is 0.715. The molecule has 1 rings (SSSR count). The van der Waals surface area contributed by atoms with Crippen molar-refractivity contribution in [1.82, 2.24) is 0 Å². The average molecular weight is 141 g/mol. The summed E-state index contributed by atoms with van der Waals surface area (Å²) in [5.41, 5.74) is -0.497. The second-order valence-electron chi connectivity index (χ2n) is 2.32. The van der Waals surface area contributed by atoms with Gasteiger partial charge in [-0.05, 0) is 13.0 Å². The molecule has 10 heavy (non-hydrogen) atoms. The van der Waals surface area contributed by atoms with Crippen molar-refractivity contribution >= 4 is 5.90 Å². The molecule has 0 radical (unpaired) electrons. The maximum atomic E-state index is 5.12. The quantitative estimate of drug-likeness (QED) is 0.573. The molecule has 0 fully saturated rings. The third-order valence-electron chi connectivity index (χ3n) is 1.45. The lowest BCUT2D eigenvalue weighted by atomic mass is 10.3. The molecule has 1 aliphatic rings. The van der Waals surface area contributed by atoms with Crippen LogP contribution in [0.4, 0.5) is 0 Å². The Hall–Kier alpha value is -0.830. The smallest absolute Gasteiger partial charge is 0.211 e. The Labute approximate surface area is 60.4 Å². The fourth-order valence-corrected chi connectivity index (χ4v) is 0.715. The van der Waals surface area contributed by atoms with Gasteiger partial charge in [0.05, 0.1) is 0 Å². The van der Waals surface area contributed by atoms with E-state index in [9.17, 15) is 0 Å². The predicted molar refractivity (Wildman–Crippen MR) is 39.0 cm³/mol. The molecule has 0 aromatic rings. The highest BCUT2D eigenvalue weighted by Gasteiger charge is 2.29. The van der Waals surface area contributed by atoms with E-state index in [1.54, 1.807) is 13.2 Å². The molecule has 0 saturated carbocycles. The lowest BCUT2D eigenvalue weighted by molar-refractivity contribution is -0.00539. The van der Waals surface area contributed by atoms with Crippen LogP contribution in [-0.2, 0) is 9.47 Å². The van der Waals surface area contributed by atoms with Crippen molar-refractivity contribution < 1.29 is 9.47 Å². The monoisotopic (exact) mass is 141 g/mol. The molecule has 0 aliphatic carbocycles. The first-order chi connectivity index (χ1) is 4.70. The van der Waals surface area contributed by atoms with Gasteiger partial charge in [-0.1, -0.05) is 6.58 Å². The Morgan fingerprint density at radius 3 is 2.90 bits per heavy atom. The van der Waals surface area contributed by atoms with E-state index in [1.807, 2.05) is 6.92 Å². The molecule has 3 nitrogen and oxygen atoms in total. The first kappa shape index (κ1) is 7.28. The van der Waals surface area contributed by atoms with Gasteiger partial charge in [-0.2, -0.15) is 0 Å². The van der Waals surface area contributed by atoms with Gasteiger partial charge in [-0.3, -0.25) is 0 Å². The van der Waals surface area contributed by atoms with Gasteiger partial charge in [-0.25, -0.2) is 4.99 Å². The molecule has 56 valence electrons. The van der Waals surface area contributed by atoms with Crippen molar-refractivity contribution in [1.29, 1.82) is 0 Å². The van der Waals surface area contributed by atoms with Gasteiger partial charge in [0.15, 0.2) is 5.72 Å². The number of aliphatic imine (C=N–C) groups is 1. The fraction of sp³-hybridized carbons (Fsp3) is 0.571. The summed E-state index contributed by atoms with van der Waals surface area (Å²) in [7, 11) is 1.61. The zero-order valence-corrected chi connectivity index (χ0v) is 6.26. The van der Waals surface area contributed by atoms with E-state index in [2.05, 4.69) is 11.6 Å². The van der Waals surface area contributed by atoms with Crippen molar-refractivity contribution in [3.8, 4) is 0 Å². The largest absolute Gasteiger partial charge is 0.473 e. The summed E-state index contributed by atoms with van der Waals surface area (Å²) >= 11 is 0. The molecule has 0 saturated heterocycles. The Kier molecular flexibility index (Phi) is 1.76. The highest BCUT2D eigenvalue weighted by Crippen LogP contribution is 2.18. The standard InChI is InChI=1S/C7H11NO2/c1-4-6-8-7(2,9-3)5-10-6/h4H,1,5H2,2-3H3. The van der Waals surface area contributed by atoms with Crippen LogP contribution in [0.15, 0.2) is 17.6 Å². The molecule has 0 amide bonds. The zero-order valence-electron chi connectivity index (χ0n) is 6.26. The lowest BCUT2D eigenvalue weighted by Gasteiger charge is -2.14. The number of rotatable bonds is 2. The van der Waals surface area contributed by atoms with Crippen LogP contribution in [0.3, 0.4) is 0 Å². The molecule has 3 heteroatoms. The second-order valence-corrected chi connectivity index (χ2v) is 2.32. The van der Waals surface area contributed by atoms with E-state index in [-0.39, 0.29) is 0 Å². The van der Waals surface area contributed by atoms with E-state index < -0.39 is 5.72 Å². The van der Waals surface area contributed by atoms with E-state index in [1.165, 1.54) is 0 Å². The van der Waals surface area contributed by atoms with Gasteiger partial charge in [0.1, 0.15) is 6.61 Å². The molecule has 1 atom stereocenters. The molecule has 1 aliphatic heterocycles. The Balaban J connectivity index is 2.70. The zero-order chi connectivity index (χ0) is 7.61. The average Bonchev–Trinajstić information content (AvgIpc) is 2.33. The van der Waals surface area contributed by atoms with E-state index in [0.29, 0.717) is 12.5 Å². The molecular weight excluding hydrogens is 130 g/mol. The van der Waals surface area contributed by atoms with Crippen LogP contribution in [0.1, 0.15) is 6.92 Å². The number of ether oxygens (including phenoxy) is 2. The second kappa shape index (κ2) is 2.42. The van der Waals surface area contributed by atoms with Crippen molar-refractivity contribution in [3.63, 3.8) is 0 Å². The summed E-state index contributed by atoms with van der Waals surface area (Å²) < 4.78 is 10.2. The normalized spacial score (nSPS) is 31.2. The van der Waals surface area contributed by atoms with Crippen molar-refractivity contribution in [3.05, 3.63) is 12.7 Å². The minimum absolute atomic E-state index is 0.477. The highest BCUT2D eigenvalue weighted by molar-refractivity contribution is 5.88. The van der Waals surface area contributed by atoms with Gasteiger partial charge in [0.25, 0.3) is 0 Å². The van der Waals surface area contributed by atoms with Crippen LogP contribution in [0.25, 0.3) is 0 Å². The Bertz CT molecular complexity index is 176. The summed E-state index contributed by atoms with van der Waals surface area (Å²) in [5.74, 6) is 0.560. The maximum Gasteiger partial charge on any atom is 0.211 e. The number of methoxy groups -OCH3 is 1. The minimum Gasteiger partial charge on any atom is -0.473 e. The minimum atomic E-state index is -0.497. The van der Waals surface area contributed by atoms with Gasteiger partial charge in [0.2, 0.25) is 5.90 Å². The van der Waals surface area contributed by atoms with E-state index >= 15 is 0 Å². The molecular formula is C7H11NO2. The van der Waals surface area contributed by atoms with Gasteiger partial charge in [0, 0.05) is 7.11 Å². The van der Waals surface area contributed by atoms with Gasteiger partial charge < -0.3 is 9.47 Å². The number of hydrogen-bond acceptors (Lipinski definition) is 3. The molecule has 1 heterocycles. The Morgan fingerprint density at radius 1 is 1.90 bits per heavy atom.